The second kappa shape index (κ2) is 4.65. The van der Waals surface area contributed by atoms with Crippen molar-refractivity contribution < 1.29 is 4.74 Å². The van der Waals surface area contributed by atoms with Gasteiger partial charge in [-0.1, -0.05) is 6.42 Å². The van der Waals surface area contributed by atoms with E-state index in [0.717, 1.165) is 12.3 Å². The number of aryl methyl sites for hydroxylation is 1. The van der Waals surface area contributed by atoms with E-state index >= 15 is 0 Å². The van der Waals surface area contributed by atoms with Crippen LogP contribution in [0.3, 0.4) is 0 Å². The first-order chi connectivity index (χ1) is 8.79. The summed E-state index contributed by atoms with van der Waals surface area (Å²) in [5.41, 5.74) is 2.66. The van der Waals surface area contributed by atoms with Crippen molar-refractivity contribution in [2.45, 2.75) is 25.3 Å². The van der Waals surface area contributed by atoms with Crippen LogP contribution in [-0.4, -0.2) is 18.2 Å². The molecule has 1 aliphatic rings. The fourth-order valence-electron chi connectivity index (χ4n) is 2.91. The van der Waals surface area contributed by atoms with E-state index in [1.165, 1.54) is 35.9 Å². The molecule has 0 radical (unpaired) electrons. The molecule has 3 heteroatoms. The Bertz CT molecular complexity index is 553. The number of aromatic nitrogens is 1. The van der Waals surface area contributed by atoms with Crippen LogP contribution in [0.25, 0.3) is 10.9 Å². The van der Waals surface area contributed by atoms with Gasteiger partial charge in [0.2, 0.25) is 0 Å². The average Bonchev–Trinajstić information content (AvgIpc) is 2.76. The minimum absolute atomic E-state index is 0.502. The minimum atomic E-state index is 0.502. The molecule has 1 saturated heterocycles. The fraction of sp³-hybridized carbons (Fsp3) is 0.467. The van der Waals surface area contributed by atoms with Gasteiger partial charge in [0.25, 0.3) is 0 Å². The number of methoxy groups -OCH3 is 1. The van der Waals surface area contributed by atoms with Crippen molar-refractivity contribution in [3.8, 4) is 5.75 Å². The first kappa shape index (κ1) is 11.6. The number of rotatable bonds is 2. The van der Waals surface area contributed by atoms with Gasteiger partial charge in [0.05, 0.1) is 7.11 Å². The lowest BCUT2D eigenvalue weighted by atomic mass is 10.0. The normalized spacial score (nSPS) is 20.2. The predicted molar refractivity (Wildman–Crippen MR) is 74.1 cm³/mol. The topological polar surface area (TPSA) is 26.2 Å². The summed E-state index contributed by atoms with van der Waals surface area (Å²) in [4.78, 5) is 0. The highest BCUT2D eigenvalue weighted by atomic mass is 16.5. The molecule has 0 aliphatic carbocycles. The number of fused-ring (bicyclic) bond motifs is 1. The van der Waals surface area contributed by atoms with E-state index in [-0.39, 0.29) is 0 Å². The Morgan fingerprint density at radius 3 is 2.89 bits per heavy atom. The number of benzene rings is 1. The Hall–Kier alpha value is -1.48. The minimum Gasteiger partial charge on any atom is -0.497 e. The Morgan fingerprint density at radius 1 is 1.28 bits per heavy atom. The van der Waals surface area contributed by atoms with Gasteiger partial charge in [-0.3, -0.25) is 0 Å². The highest BCUT2D eigenvalue weighted by Gasteiger charge is 2.18. The van der Waals surface area contributed by atoms with E-state index in [9.17, 15) is 0 Å². The molecular formula is C15H20N2O. The van der Waals surface area contributed by atoms with Crippen LogP contribution in [0.5, 0.6) is 5.75 Å². The Balaban J connectivity index is 2.04. The van der Waals surface area contributed by atoms with Crippen molar-refractivity contribution in [1.29, 1.82) is 0 Å². The van der Waals surface area contributed by atoms with Gasteiger partial charge in [-0.2, -0.15) is 0 Å². The zero-order valence-electron chi connectivity index (χ0n) is 11.1. The monoisotopic (exact) mass is 244 g/mol. The quantitative estimate of drug-likeness (QED) is 0.879. The molecule has 1 fully saturated rings. The highest BCUT2D eigenvalue weighted by Crippen LogP contribution is 2.30. The van der Waals surface area contributed by atoms with E-state index < -0.39 is 0 Å². The van der Waals surface area contributed by atoms with Crippen LogP contribution >= 0.6 is 0 Å². The van der Waals surface area contributed by atoms with E-state index in [1.54, 1.807) is 7.11 Å². The number of nitrogens with one attached hydrogen (secondary N) is 1. The Labute approximate surface area is 108 Å². The van der Waals surface area contributed by atoms with Crippen LogP contribution in [0.4, 0.5) is 0 Å². The van der Waals surface area contributed by atoms with Crippen molar-refractivity contribution in [1.82, 2.24) is 9.88 Å². The summed E-state index contributed by atoms with van der Waals surface area (Å²) in [5, 5.41) is 4.88. The van der Waals surface area contributed by atoms with Gasteiger partial charge < -0.3 is 14.6 Å². The third-order valence-corrected chi connectivity index (χ3v) is 3.95. The lowest BCUT2D eigenvalue weighted by molar-refractivity contribution is 0.399. The molecule has 0 bridgehead atoms. The molecule has 2 aromatic rings. The van der Waals surface area contributed by atoms with Crippen LogP contribution in [0.1, 0.15) is 31.0 Å². The zero-order valence-corrected chi connectivity index (χ0v) is 11.1. The molecular weight excluding hydrogens is 224 g/mol. The van der Waals surface area contributed by atoms with Gasteiger partial charge in [0.15, 0.2) is 0 Å². The number of hydrogen-bond acceptors (Lipinski definition) is 2. The summed E-state index contributed by atoms with van der Waals surface area (Å²) in [7, 11) is 3.87. The van der Waals surface area contributed by atoms with Crippen molar-refractivity contribution >= 4 is 10.9 Å². The molecule has 1 aliphatic heterocycles. The Kier molecular flexibility index (Phi) is 3.00. The van der Waals surface area contributed by atoms with Crippen molar-refractivity contribution in [3.05, 3.63) is 30.0 Å². The van der Waals surface area contributed by atoms with Gasteiger partial charge >= 0.3 is 0 Å². The second-order valence-corrected chi connectivity index (χ2v) is 5.06. The molecule has 0 spiro atoms. The highest BCUT2D eigenvalue weighted by molar-refractivity contribution is 5.83. The zero-order chi connectivity index (χ0) is 12.5. The van der Waals surface area contributed by atoms with Gasteiger partial charge in [0, 0.05) is 29.7 Å². The maximum atomic E-state index is 5.29. The number of piperidine rings is 1. The summed E-state index contributed by atoms with van der Waals surface area (Å²) in [5.74, 6) is 0.927. The molecule has 1 N–H and O–H groups in total. The number of nitrogens with zero attached hydrogens (tertiary/aromatic N) is 1. The molecule has 0 amide bonds. The molecule has 1 aromatic carbocycles. The number of hydrogen-bond donors (Lipinski definition) is 1. The molecule has 1 atom stereocenters. The van der Waals surface area contributed by atoms with E-state index in [4.69, 9.17) is 4.74 Å². The third-order valence-electron chi connectivity index (χ3n) is 3.95. The lowest BCUT2D eigenvalue weighted by Crippen LogP contribution is -2.28. The first-order valence-corrected chi connectivity index (χ1v) is 6.66. The molecule has 3 rings (SSSR count). The predicted octanol–water partition coefficient (Wildman–Crippen LogP) is 3.00. The van der Waals surface area contributed by atoms with Gasteiger partial charge in [-0.05, 0) is 43.7 Å². The summed E-state index contributed by atoms with van der Waals surface area (Å²) in [6.45, 7) is 1.13. The van der Waals surface area contributed by atoms with Gasteiger partial charge in [-0.25, -0.2) is 0 Å². The van der Waals surface area contributed by atoms with Crippen LogP contribution in [0, 0.1) is 0 Å². The SMILES string of the molecule is COc1ccc2c(c1)cc(C1CCCCN1)n2C. The van der Waals surface area contributed by atoms with Crippen LogP contribution in [-0.2, 0) is 7.05 Å². The maximum absolute atomic E-state index is 5.29. The first-order valence-electron chi connectivity index (χ1n) is 6.66. The van der Waals surface area contributed by atoms with Gasteiger partial charge in [-0.15, -0.1) is 0 Å². The van der Waals surface area contributed by atoms with Gasteiger partial charge in [0.1, 0.15) is 5.75 Å². The smallest absolute Gasteiger partial charge is 0.119 e. The van der Waals surface area contributed by atoms with E-state index in [2.05, 4.69) is 35.1 Å². The summed E-state index contributed by atoms with van der Waals surface area (Å²) >= 11 is 0. The fourth-order valence-corrected chi connectivity index (χ4v) is 2.91. The van der Waals surface area contributed by atoms with Crippen molar-refractivity contribution in [2.24, 2.45) is 7.05 Å². The molecule has 96 valence electrons. The lowest BCUT2D eigenvalue weighted by Gasteiger charge is -2.24. The standard InChI is InChI=1S/C15H20N2O/c1-17-14-7-6-12(18-2)9-11(14)10-15(17)13-5-3-4-8-16-13/h6-7,9-10,13,16H,3-5,8H2,1-2H3. The van der Waals surface area contributed by atoms with Crippen molar-refractivity contribution in [3.63, 3.8) is 0 Å². The molecule has 1 unspecified atom stereocenters. The third kappa shape index (κ3) is 1.89. The summed E-state index contributed by atoms with van der Waals surface area (Å²) in [6.07, 6.45) is 3.86. The Morgan fingerprint density at radius 2 is 2.17 bits per heavy atom. The summed E-state index contributed by atoms with van der Waals surface area (Å²) < 4.78 is 7.60. The number of ether oxygens (including phenoxy) is 1. The van der Waals surface area contributed by atoms with E-state index in [1.807, 2.05) is 6.07 Å². The largest absolute Gasteiger partial charge is 0.497 e. The average molecular weight is 244 g/mol. The maximum Gasteiger partial charge on any atom is 0.119 e. The van der Waals surface area contributed by atoms with Crippen molar-refractivity contribution in [2.75, 3.05) is 13.7 Å². The van der Waals surface area contributed by atoms with Crippen LogP contribution in [0.15, 0.2) is 24.3 Å². The molecule has 0 saturated carbocycles. The molecule has 18 heavy (non-hydrogen) atoms. The van der Waals surface area contributed by atoms with Crippen LogP contribution < -0.4 is 10.1 Å². The molecule has 2 heterocycles. The molecule has 1 aromatic heterocycles. The second-order valence-electron chi connectivity index (χ2n) is 5.06. The summed E-state index contributed by atoms with van der Waals surface area (Å²) in [6, 6.07) is 9.07. The van der Waals surface area contributed by atoms with Crippen LogP contribution in [0.2, 0.25) is 0 Å². The molecule has 3 nitrogen and oxygen atoms in total. The van der Waals surface area contributed by atoms with E-state index in [0.29, 0.717) is 6.04 Å².